The molecule has 2 aliphatic heterocycles. The Labute approximate surface area is 154 Å². The van der Waals surface area contributed by atoms with Crippen LogP contribution in [0.2, 0.25) is 0 Å². The molecule has 6 nitrogen and oxygen atoms in total. The third kappa shape index (κ3) is 4.00. The van der Waals surface area contributed by atoms with E-state index < -0.39 is 5.60 Å². The number of ether oxygens (including phenoxy) is 2. The minimum absolute atomic E-state index is 0.0633. The molecule has 6 heteroatoms. The van der Waals surface area contributed by atoms with E-state index in [9.17, 15) is 9.59 Å². The average molecular weight is 360 g/mol. The summed E-state index contributed by atoms with van der Waals surface area (Å²) in [4.78, 5) is 31.7. The molecule has 3 rings (SSSR count). The van der Waals surface area contributed by atoms with Crippen molar-refractivity contribution in [3.05, 3.63) is 24.0 Å². The van der Waals surface area contributed by atoms with Crippen molar-refractivity contribution in [1.82, 2.24) is 9.88 Å². The number of pyridine rings is 1. The highest BCUT2D eigenvalue weighted by atomic mass is 16.6. The van der Waals surface area contributed by atoms with E-state index in [1.54, 1.807) is 25.4 Å². The van der Waals surface area contributed by atoms with Crippen LogP contribution in [-0.4, -0.2) is 46.6 Å². The Balaban J connectivity index is 1.72. The van der Waals surface area contributed by atoms with E-state index >= 15 is 0 Å². The van der Waals surface area contributed by atoms with Crippen LogP contribution in [0.4, 0.5) is 4.79 Å². The molecule has 0 N–H and O–H groups in total. The van der Waals surface area contributed by atoms with Gasteiger partial charge in [-0.3, -0.25) is 4.79 Å². The summed E-state index contributed by atoms with van der Waals surface area (Å²) in [6, 6.07) is 3.63. The second kappa shape index (κ2) is 7.25. The number of fused-ring (bicyclic) bond motifs is 2. The molecule has 1 aromatic heterocycles. The van der Waals surface area contributed by atoms with Crippen LogP contribution in [0.5, 0.6) is 5.75 Å². The third-order valence-corrected chi connectivity index (χ3v) is 5.17. The summed E-state index contributed by atoms with van der Waals surface area (Å²) in [7, 11) is 1.58. The van der Waals surface area contributed by atoms with Crippen molar-refractivity contribution in [2.24, 2.45) is 5.92 Å². The largest absolute Gasteiger partial charge is 0.495 e. The Kier molecular flexibility index (Phi) is 5.21. The predicted molar refractivity (Wildman–Crippen MR) is 97.3 cm³/mol. The van der Waals surface area contributed by atoms with Gasteiger partial charge in [0.25, 0.3) is 0 Å². The van der Waals surface area contributed by atoms with E-state index in [2.05, 4.69) is 4.98 Å². The molecule has 2 bridgehead atoms. The van der Waals surface area contributed by atoms with Crippen LogP contribution >= 0.6 is 0 Å². The molecule has 0 spiro atoms. The summed E-state index contributed by atoms with van der Waals surface area (Å²) in [5.74, 6) is 0.608. The number of nitrogens with zero attached hydrogens (tertiary/aromatic N) is 2. The topological polar surface area (TPSA) is 68.7 Å². The number of ketones is 1. The lowest BCUT2D eigenvalue weighted by atomic mass is 9.76. The number of amides is 1. The number of aromatic nitrogens is 1. The van der Waals surface area contributed by atoms with Crippen molar-refractivity contribution in [3.63, 3.8) is 0 Å². The maximum atomic E-state index is 12.9. The number of carbonyl (C=O) groups is 2. The fourth-order valence-corrected chi connectivity index (χ4v) is 4.06. The smallest absolute Gasteiger partial charge is 0.410 e. The molecule has 0 radical (unpaired) electrons. The van der Waals surface area contributed by atoms with Crippen molar-refractivity contribution in [2.75, 3.05) is 7.11 Å². The van der Waals surface area contributed by atoms with Gasteiger partial charge in [0.1, 0.15) is 17.0 Å². The zero-order valence-corrected chi connectivity index (χ0v) is 16.0. The van der Waals surface area contributed by atoms with Gasteiger partial charge in [0.2, 0.25) is 0 Å². The fraction of sp³-hybridized carbons (Fsp3) is 0.650. The molecule has 2 atom stereocenters. The van der Waals surface area contributed by atoms with Crippen molar-refractivity contribution in [1.29, 1.82) is 0 Å². The van der Waals surface area contributed by atoms with E-state index in [4.69, 9.17) is 9.47 Å². The highest BCUT2D eigenvalue weighted by Gasteiger charge is 2.44. The molecule has 142 valence electrons. The first kappa shape index (κ1) is 18.7. The summed E-state index contributed by atoms with van der Waals surface area (Å²) in [6.07, 6.45) is 5.64. The van der Waals surface area contributed by atoms with Gasteiger partial charge in [0, 0.05) is 18.0 Å². The van der Waals surface area contributed by atoms with E-state index in [1.165, 1.54) is 0 Å². The van der Waals surface area contributed by atoms with Gasteiger partial charge in [-0.15, -0.1) is 0 Å². The number of Topliss-reactive ketones (excluding diaryl/α,β-unsaturated/α-hetero) is 1. The molecule has 0 saturated carbocycles. The van der Waals surface area contributed by atoms with Crippen LogP contribution < -0.4 is 4.74 Å². The first-order valence-electron chi connectivity index (χ1n) is 9.34. The van der Waals surface area contributed by atoms with E-state index in [0.29, 0.717) is 24.3 Å². The normalized spacial score (nSPS) is 25.5. The van der Waals surface area contributed by atoms with Gasteiger partial charge < -0.3 is 14.4 Å². The SMILES string of the molecule is COc1ccc(C(=O)C2CC3CCCC(C2)N3C(=O)OC(C)(C)C)nc1. The molecule has 2 aliphatic rings. The molecule has 0 aromatic carbocycles. The van der Waals surface area contributed by atoms with E-state index in [0.717, 1.165) is 19.3 Å². The lowest BCUT2D eigenvalue weighted by Gasteiger charge is -2.48. The molecule has 26 heavy (non-hydrogen) atoms. The monoisotopic (exact) mass is 360 g/mol. The zero-order valence-electron chi connectivity index (χ0n) is 16.0. The second-order valence-corrected chi connectivity index (χ2v) is 8.24. The summed E-state index contributed by atoms with van der Waals surface area (Å²) in [6.45, 7) is 5.64. The van der Waals surface area contributed by atoms with Gasteiger partial charge in [0.15, 0.2) is 5.78 Å². The van der Waals surface area contributed by atoms with Crippen LogP contribution in [0.25, 0.3) is 0 Å². The van der Waals surface area contributed by atoms with Gasteiger partial charge in [0.05, 0.1) is 13.3 Å². The Morgan fingerprint density at radius 3 is 2.31 bits per heavy atom. The van der Waals surface area contributed by atoms with Gasteiger partial charge in [-0.25, -0.2) is 9.78 Å². The van der Waals surface area contributed by atoms with Crippen molar-refractivity contribution in [2.45, 2.75) is 70.6 Å². The van der Waals surface area contributed by atoms with Gasteiger partial charge >= 0.3 is 6.09 Å². The zero-order chi connectivity index (χ0) is 18.9. The molecule has 3 heterocycles. The summed E-state index contributed by atoms with van der Waals surface area (Å²) < 4.78 is 10.7. The Morgan fingerprint density at radius 1 is 1.15 bits per heavy atom. The quantitative estimate of drug-likeness (QED) is 0.766. The summed E-state index contributed by atoms with van der Waals surface area (Å²) >= 11 is 0. The lowest BCUT2D eigenvalue weighted by Crippen LogP contribution is -2.56. The van der Waals surface area contributed by atoms with Gasteiger partial charge in [-0.1, -0.05) is 0 Å². The minimum Gasteiger partial charge on any atom is -0.495 e. The fourth-order valence-electron chi connectivity index (χ4n) is 4.06. The van der Waals surface area contributed by atoms with E-state index in [-0.39, 0.29) is 29.9 Å². The second-order valence-electron chi connectivity index (χ2n) is 8.24. The molecule has 2 unspecified atom stereocenters. The van der Waals surface area contributed by atoms with Crippen LogP contribution in [0.3, 0.4) is 0 Å². The predicted octanol–water partition coefficient (Wildman–Crippen LogP) is 3.84. The standard InChI is InChI=1S/C20H28N2O4/c1-20(2,3)26-19(24)22-14-6-5-7-15(22)11-13(10-14)18(23)17-9-8-16(25-4)12-21-17/h8-9,12-15H,5-7,10-11H2,1-4H3. The summed E-state index contributed by atoms with van der Waals surface area (Å²) in [5, 5.41) is 0. The van der Waals surface area contributed by atoms with Crippen LogP contribution in [-0.2, 0) is 4.74 Å². The summed E-state index contributed by atoms with van der Waals surface area (Å²) in [5.41, 5.74) is -0.0370. The minimum atomic E-state index is -0.509. The van der Waals surface area contributed by atoms with E-state index in [1.807, 2.05) is 25.7 Å². The van der Waals surface area contributed by atoms with Gasteiger partial charge in [-0.2, -0.15) is 0 Å². The Bertz CT molecular complexity index is 651. The number of rotatable bonds is 3. The molecular formula is C20H28N2O4. The maximum absolute atomic E-state index is 12.9. The van der Waals surface area contributed by atoms with Crippen LogP contribution in [0, 0.1) is 5.92 Å². The Hall–Kier alpha value is -2.11. The highest BCUT2D eigenvalue weighted by Crippen LogP contribution is 2.39. The Morgan fingerprint density at radius 2 is 1.81 bits per heavy atom. The lowest BCUT2D eigenvalue weighted by molar-refractivity contribution is -0.0261. The first-order valence-corrected chi connectivity index (χ1v) is 9.34. The average Bonchev–Trinajstić information content (AvgIpc) is 2.58. The van der Waals surface area contributed by atoms with Crippen molar-refractivity contribution < 1.29 is 19.1 Å². The van der Waals surface area contributed by atoms with Crippen LogP contribution in [0.1, 0.15) is 63.4 Å². The first-order chi connectivity index (χ1) is 12.3. The number of hydrogen-bond donors (Lipinski definition) is 0. The molecule has 2 fully saturated rings. The maximum Gasteiger partial charge on any atom is 0.410 e. The van der Waals surface area contributed by atoms with Crippen molar-refractivity contribution in [3.8, 4) is 5.75 Å². The highest BCUT2D eigenvalue weighted by molar-refractivity contribution is 5.96. The molecule has 1 amide bonds. The number of piperidine rings is 2. The van der Waals surface area contributed by atoms with Crippen LogP contribution in [0.15, 0.2) is 18.3 Å². The molecular weight excluding hydrogens is 332 g/mol. The molecule has 2 saturated heterocycles. The van der Waals surface area contributed by atoms with Gasteiger partial charge in [-0.05, 0) is 65.0 Å². The number of hydrogen-bond acceptors (Lipinski definition) is 5. The van der Waals surface area contributed by atoms with Crippen molar-refractivity contribution >= 4 is 11.9 Å². The number of carbonyl (C=O) groups excluding carboxylic acids is 2. The number of methoxy groups -OCH3 is 1. The third-order valence-electron chi connectivity index (χ3n) is 5.17. The molecule has 0 aliphatic carbocycles. The molecule has 1 aromatic rings.